The number of nitrogens with one attached hydrogen (secondary N) is 3. The molecule has 0 aliphatic carbocycles. The van der Waals surface area contributed by atoms with E-state index in [2.05, 4.69) is 21.2 Å². The second-order valence-electron chi connectivity index (χ2n) is 10.7. The maximum Gasteiger partial charge on any atom is 0.337 e. The van der Waals surface area contributed by atoms with E-state index in [1.807, 2.05) is 25.1 Å². The number of esters is 1. The number of aliphatic hydroxyl groups excluding tert-OH is 1. The standard InChI is InChI=1S/C34H37ClN4O10/c1-5-44-27-14-22(31-30(33(41)43-4)19(3)37-34(42)38-31)8-10-24(27)46-17-29(40)39-36-15-21-11-23(35)32(28(13-21)45-6-2)47-16-20-7-9-25-26(12-20)49-18-48-25/h7-15,29,31,39-40H,5-6,16-18H2,1-4H3,(H2,37,38,42)/b36-15-/t29-,31+/m1/s1. The predicted molar refractivity (Wildman–Crippen MR) is 178 cm³/mol. The Morgan fingerprint density at radius 3 is 2.59 bits per heavy atom. The molecule has 2 amide bonds. The van der Waals surface area contributed by atoms with Gasteiger partial charge < -0.3 is 48.9 Å². The van der Waals surface area contributed by atoms with E-state index in [4.69, 9.17) is 44.8 Å². The Morgan fingerprint density at radius 2 is 1.82 bits per heavy atom. The maximum atomic E-state index is 12.5. The van der Waals surface area contributed by atoms with Crippen LogP contribution in [-0.4, -0.2) is 63.3 Å². The van der Waals surface area contributed by atoms with Gasteiger partial charge in [-0.1, -0.05) is 23.7 Å². The Hall–Kier alpha value is -5.34. The van der Waals surface area contributed by atoms with E-state index in [1.165, 1.54) is 13.3 Å². The smallest absolute Gasteiger partial charge is 0.337 e. The summed E-state index contributed by atoms with van der Waals surface area (Å²) in [5.41, 5.74) is 5.29. The maximum absolute atomic E-state index is 12.5. The van der Waals surface area contributed by atoms with E-state index < -0.39 is 24.3 Å². The zero-order valence-electron chi connectivity index (χ0n) is 27.3. The predicted octanol–water partition coefficient (Wildman–Crippen LogP) is 4.57. The molecular formula is C34H37ClN4O10. The highest BCUT2D eigenvalue weighted by atomic mass is 35.5. The van der Waals surface area contributed by atoms with Crippen molar-refractivity contribution in [2.24, 2.45) is 5.10 Å². The Bertz CT molecular complexity index is 1750. The van der Waals surface area contributed by atoms with Gasteiger partial charge in [0.15, 0.2) is 40.7 Å². The summed E-state index contributed by atoms with van der Waals surface area (Å²) >= 11 is 6.57. The van der Waals surface area contributed by atoms with Gasteiger partial charge in [-0.25, -0.2) is 9.59 Å². The number of hydrogen-bond acceptors (Lipinski definition) is 12. The number of carbonyl (C=O) groups is 2. The number of carbonyl (C=O) groups excluding carboxylic acids is 2. The molecule has 0 aromatic heterocycles. The van der Waals surface area contributed by atoms with Gasteiger partial charge in [0, 0.05) is 5.70 Å². The van der Waals surface area contributed by atoms with Crippen LogP contribution in [0.5, 0.6) is 34.5 Å². The van der Waals surface area contributed by atoms with E-state index in [9.17, 15) is 14.7 Å². The van der Waals surface area contributed by atoms with Crippen LogP contribution in [0.25, 0.3) is 0 Å². The first kappa shape index (κ1) is 35.0. The van der Waals surface area contributed by atoms with Gasteiger partial charge in [0.25, 0.3) is 0 Å². The monoisotopic (exact) mass is 696 g/mol. The highest BCUT2D eigenvalue weighted by molar-refractivity contribution is 6.32. The van der Waals surface area contributed by atoms with Crippen molar-refractivity contribution >= 4 is 29.8 Å². The minimum absolute atomic E-state index is 0.186. The molecule has 0 fully saturated rings. The van der Waals surface area contributed by atoms with Crippen LogP contribution in [0.15, 0.2) is 64.9 Å². The van der Waals surface area contributed by atoms with Crippen molar-refractivity contribution in [3.63, 3.8) is 0 Å². The molecule has 49 heavy (non-hydrogen) atoms. The highest BCUT2D eigenvalue weighted by Gasteiger charge is 2.32. The average molecular weight is 697 g/mol. The third kappa shape index (κ3) is 8.58. The number of aliphatic hydroxyl groups is 1. The van der Waals surface area contributed by atoms with Gasteiger partial charge in [-0.05, 0) is 73.9 Å². The van der Waals surface area contributed by atoms with Crippen molar-refractivity contribution < 1.29 is 47.9 Å². The van der Waals surface area contributed by atoms with Gasteiger partial charge in [0.2, 0.25) is 6.79 Å². The first-order valence-electron chi connectivity index (χ1n) is 15.4. The summed E-state index contributed by atoms with van der Waals surface area (Å²) in [4.78, 5) is 24.7. The molecule has 0 bridgehead atoms. The molecule has 15 heteroatoms. The highest BCUT2D eigenvalue weighted by Crippen LogP contribution is 2.38. The number of hydrazone groups is 1. The number of nitrogens with zero attached hydrogens (tertiary/aromatic N) is 1. The number of ether oxygens (including phenoxy) is 7. The molecule has 0 spiro atoms. The molecule has 0 saturated carbocycles. The van der Waals surface area contributed by atoms with E-state index >= 15 is 0 Å². The van der Waals surface area contributed by atoms with Gasteiger partial charge in [0.1, 0.15) is 13.2 Å². The Kier molecular flexibility index (Phi) is 11.5. The zero-order valence-corrected chi connectivity index (χ0v) is 28.1. The van der Waals surface area contributed by atoms with Crippen LogP contribution >= 0.6 is 11.6 Å². The first-order valence-corrected chi connectivity index (χ1v) is 15.8. The van der Waals surface area contributed by atoms with Crippen LogP contribution in [0.4, 0.5) is 4.79 Å². The molecule has 2 atom stereocenters. The van der Waals surface area contributed by atoms with Gasteiger partial charge >= 0.3 is 12.0 Å². The number of hydrogen-bond donors (Lipinski definition) is 4. The van der Waals surface area contributed by atoms with E-state index in [1.54, 1.807) is 44.2 Å². The van der Waals surface area contributed by atoms with Crippen LogP contribution in [-0.2, 0) is 16.1 Å². The van der Waals surface area contributed by atoms with Crippen molar-refractivity contribution in [2.75, 3.05) is 33.7 Å². The number of fused-ring (bicyclic) bond motifs is 1. The molecule has 0 unspecified atom stereocenters. The summed E-state index contributed by atoms with van der Waals surface area (Å²) in [6, 6.07) is 12.7. The van der Waals surface area contributed by atoms with Crippen molar-refractivity contribution in [1.29, 1.82) is 0 Å². The second-order valence-corrected chi connectivity index (χ2v) is 11.1. The minimum atomic E-state index is -1.20. The molecular weight excluding hydrogens is 660 g/mol. The van der Waals surface area contributed by atoms with Crippen LogP contribution in [0, 0.1) is 0 Å². The zero-order chi connectivity index (χ0) is 34.9. The van der Waals surface area contributed by atoms with Crippen molar-refractivity contribution in [2.45, 2.75) is 39.6 Å². The SMILES string of the molecule is CCOc1cc([C@@H]2NC(=O)NC(C)=C2C(=O)OC)ccc1OC[C@@H](O)N/N=C\c1cc(Cl)c(OCc2ccc3c(c2)OCO3)c(OCC)c1. The fourth-order valence-electron chi connectivity index (χ4n) is 5.07. The minimum Gasteiger partial charge on any atom is -0.490 e. The fraction of sp³-hybridized carbons (Fsp3) is 0.324. The lowest BCUT2D eigenvalue weighted by Gasteiger charge is -2.28. The molecule has 2 aliphatic rings. The van der Waals surface area contributed by atoms with Gasteiger partial charge in [-0.3, -0.25) is 5.43 Å². The van der Waals surface area contributed by atoms with E-state index in [0.717, 1.165) is 5.56 Å². The van der Waals surface area contributed by atoms with Crippen molar-refractivity contribution in [1.82, 2.24) is 16.1 Å². The quantitative estimate of drug-likeness (QED) is 0.0761. The summed E-state index contributed by atoms with van der Waals surface area (Å²) in [5, 5.41) is 20.3. The van der Waals surface area contributed by atoms with Crippen LogP contribution < -0.4 is 44.5 Å². The molecule has 260 valence electrons. The number of rotatable bonds is 15. The lowest BCUT2D eigenvalue weighted by atomic mass is 9.95. The van der Waals surface area contributed by atoms with Crippen LogP contribution in [0.3, 0.4) is 0 Å². The lowest BCUT2D eigenvalue weighted by molar-refractivity contribution is -0.136. The number of benzene rings is 3. The number of urea groups is 1. The summed E-state index contributed by atoms with van der Waals surface area (Å²) in [5.74, 6) is 2.26. The van der Waals surface area contributed by atoms with Crippen molar-refractivity contribution in [3.8, 4) is 34.5 Å². The van der Waals surface area contributed by atoms with Gasteiger partial charge in [0.05, 0.1) is 43.2 Å². The van der Waals surface area contributed by atoms with Gasteiger partial charge in [-0.2, -0.15) is 5.10 Å². The summed E-state index contributed by atoms with van der Waals surface area (Å²) < 4.78 is 39.1. The van der Waals surface area contributed by atoms with Gasteiger partial charge in [-0.15, -0.1) is 0 Å². The molecule has 0 radical (unpaired) electrons. The molecule has 4 N–H and O–H groups in total. The molecule has 5 rings (SSSR count). The molecule has 14 nitrogen and oxygen atoms in total. The largest absolute Gasteiger partial charge is 0.490 e. The van der Waals surface area contributed by atoms with Crippen LogP contribution in [0.2, 0.25) is 5.02 Å². The molecule has 3 aromatic carbocycles. The Balaban J connectivity index is 1.21. The Morgan fingerprint density at radius 1 is 1.04 bits per heavy atom. The molecule has 3 aromatic rings. The number of amides is 2. The van der Waals surface area contributed by atoms with E-state index in [0.29, 0.717) is 69.6 Å². The number of methoxy groups -OCH3 is 1. The topological polar surface area (TPSA) is 167 Å². The Labute approximate surface area is 287 Å². The average Bonchev–Trinajstić information content (AvgIpc) is 3.55. The second kappa shape index (κ2) is 16.2. The lowest BCUT2D eigenvalue weighted by Crippen LogP contribution is -2.45. The summed E-state index contributed by atoms with van der Waals surface area (Å²) in [6.45, 7) is 6.20. The number of allylic oxidation sites excluding steroid dienone is 1. The van der Waals surface area contributed by atoms with Crippen LogP contribution in [0.1, 0.15) is 43.5 Å². The fourth-order valence-corrected chi connectivity index (χ4v) is 5.35. The third-order valence-corrected chi connectivity index (χ3v) is 7.54. The molecule has 0 saturated heterocycles. The molecule has 2 heterocycles. The molecule has 2 aliphatic heterocycles. The number of halogens is 1. The van der Waals surface area contributed by atoms with Crippen molar-refractivity contribution in [3.05, 3.63) is 81.5 Å². The summed E-state index contributed by atoms with van der Waals surface area (Å²) in [7, 11) is 1.27. The first-order chi connectivity index (χ1) is 23.7. The third-order valence-electron chi connectivity index (χ3n) is 7.26. The summed E-state index contributed by atoms with van der Waals surface area (Å²) in [6.07, 6.45) is 0.276. The normalized spacial score (nSPS) is 15.7. The van der Waals surface area contributed by atoms with E-state index in [-0.39, 0.29) is 25.6 Å².